The van der Waals surface area contributed by atoms with Gasteiger partial charge in [-0.2, -0.15) is 5.26 Å². The summed E-state index contributed by atoms with van der Waals surface area (Å²) in [5, 5.41) is 12.0. The maximum absolute atomic E-state index is 12.0. The Labute approximate surface area is 126 Å². The Balaban J connectivity index is 1.91. The number of anilines is 1. The molecule has 5 nitrogen and oxygen atoms in total. The summed E-state index contributed by atoms with van der Waals surface area (Å²) < 4.78 is 0. The van der Waals surface area contributed by atoms with Gasteiger partial charge in [0.1, 0.15) is 11.8 Å². The van der Waals surface area contributed by atoms with Crippen molar-refractivity contribution in [3.8, 4) is 6.07 Å². The quantitative estimate of drug-likeness (QED) is 0.903. The number of nitrogens with zero attached hydrogens (tertiary/aromatic N) is 3. The van der Waals surface area contributed by atoms with Gasteiger partial charge >= 0.3 is 0 Å². The summed E-state index contributed by atoms with van der Waals surface area (Å²) in [6.07, 6.45) is 3.51. The maximum atomic E-state index is 12.0. The molecule has 1 amide bonds. The van der Waals surface area contributed by atoms with E-state index in [0.717, 1.165) is 31.6 Å². The number of piperidine rings is 1. The molecule has 1 fully saturated rings. The lowest BCUT2D eigenvalue weighted by molar-refractivity contribution is -0.129. The molecule has 0 radical (unpaired) electrons. The largest absolute Gasteiger partial charge is 0.371 e. The second-order valence-corrected chi connectivity index (χ2v) is 6.50. The van der Waals surface area contributed by atoms with Gasteiger partial charge in [-0.3, -0.25) is 4.79 Å². The molecule has 0 unspecified atom stereocenters. The number of hydrogen-bond donors (Lipinski definition) is 1. The molecule has 1 aromatic heterocycles. The number of nitriles is 1. The van der Waals surface area contributed by atoms with Crippen LogP contribution in [0.5, 0.6) is 0 Å². The van der Waals surface area contributed by atoms with Crippen LogP contribution in [0.15, 0.2) is 18.3 Å². The first-order valence-corrected chi connectivity index (χ1v) is 7.32. The lowest BCUT2D eigenvalue weighted by Gasteiger charge is -2.35. The molecule has 1 N–H and O–H groups in total. The highest BCUT2D eigenvalue weighted by atomic mass is 16.2. The summed E-state index contributed by atoms with van der Waals surface area (Å²) in [6.45, 7) is 7.54. The first-order chi connectivity index (χ1) is 9.90. The van der Waals surface area contributed by atoms with Gasteiger partial charge in [-0.05, 0) is 25.0 Å². The fourth-order valence-corrected chi connectivity index (χ4v) is 2.36. The van der Waals surface area contributed by atoms with Crippen molar-refractivity contribution in [1.29, 1.82) is 5.26 Å². The van der Waals surface area contributed by atoms with Gasteiger partial charge in [0.05, 0.1) is 0 Å². The summed E-state index contributed by atoms with van der Waals surface area (Å²) in [6, 6.07) is 6.04. The lowest BCUT2D eigenvalue weighted by atomic mass is 9.94. The van der Waals surface area contributed by atoms with Crippen LogP contribution in [-0.2, 0) is 4.79 Å². The van der Waals surface area contributed by atoms with E-state index in [0.29, 0.717) is 5.69 Å². The van der Waals surface area contributed by atoms with Crippen LogP contribution >= 0.6 is 0 Å². The highest BCUT2D eigenvalue weighted by Gasteiger charge is 2.26. The minimum Gasteiger partial charge on any atom is -0.371 e. The zero-order chi connectivity index (χ0) is 15.5. The van der Waals surface area contributed by atoms with Gasteiger partial charge in [0.15, 0.2) is 0 Å². The van der Waals surface area contributed by atoms with Crippen LogP contribution in [0.1, 0.15) is 39.3 Å². The predicted octanol–water partition coefficient (Wildman–Crippen LogP) is 2.08. The molecule has 0 bridgehead atoms. The summed E-state index contributed by atoms with van der Waals surface area (Å²) in [5.74, 6) is 0.108. The van der Waals surface area contributed by atoms with Gasteiger partial charge in [0, 0.05) is 36.4 Å². The summed E-state index contributed by atoms with van der Waals surface area (Å²) in [5.41, 5.74) is 1.13. The minimum absolute atomic E-state index is 0.108. The van der Waals surface area contributed by atoms with Crippen molar-refractivity contribution in [2.24, 2.45) is 5.41 Å². The average molecular weight is 286 g/mol. The number of carbonyl (C=O) groups is 1. The first-order valence-electron chi connectivity index (χ1n) is 7.32. The molecule has 0 aliphatic carbocycles. The Morgan fingerprint density at radius 2 is 2.10 bits per heavy atom. The topological polar surface area (TPSA) is 69.0 Å². The minimum atomic E-state index is -0.343. The van der Waals surface area contributed by atoms with Crippen molar-refractivity contribution >= 4 is 11.6 Å². The molecule has 2 heterocycles. The van der Waals surface area contributed by atoms with Gasteiger partial charge in [-0.15, -0.1) is 0 Å². The Morgan fingerprint density at radius 1 is 1.43 bits per heavy atom. The van der Waals surface area contributed by atoms with E-state index in [9.17, 15) is 4.79 Å². The fraction of sp³-hybridized carbons (Fsp3) is 0.562. The predicted molar refractivity (Wildman–Crippen MR) is 81.8 cm³/mol. The molecule has 0 atom stereocenters. The zero-order valence-electron chi connectivity index (χ0n) is 12.9. The van der Waals surface area contributed by atoms with Crippen molar-refractivity contribution in [1.82, 2.24) is 10.3 Å². The van der Waals surface area contributed by atoms with Crippen LogP contribution in [0.2, 0.25) is 0 Å². The fourth-order valence-electron chi connectivity index (χ4n) is 2.36. The van der Waals surface area contributed by atoms with Gasteiger partial charge in [0.25, 0.3) is 0 Å². The van der Waals surface area contributed by atoms with E-state index in [-0.39, 0.29) is 17.4 Å². The number of rotatable bonds is 2. The highest BCUT2D eigenvalue weighted by Crippen LogP contribution is 2.21. The third-order valence-corrected chi connectivity index (χ3v) is 3.73. The normalized spacial score (nSPS) is 16.4. The standard InChI is InChI=1S/C16H22N4O/c1-16(2,3)15(21)19-12-5-8-20(9-6-12)14-4-7-18-13(10-14)11-17/h4,7,10,12H,5-6,8-9H2,1-3H3,(H,19,21). The molecule has 0 saturated carbocycles. The third kappa shape index (κ3) is 3.94. The van der Waals surface area contributed by atoms with Gasteiger partial charge in [-0.25, -0.2) is 4.98 Å². The second-order valence-electron chi connectivity index (χ2n) is 6.50. The number of hydrogen-bond acceptors (Lipinski definition) is 4. The molecule has 5 heteroatoms. The lowest BCUT2D eigenvalue weighted by Crippen LogP contribution is -2.47. The molecule has 112 valence electrons. The van der Waals surface area contributed by atoms with Crippen molar-refractivity contribution in [3.63, 3.8) is 0 Å². The van der Waals surface area contributed by atoms with Crippen molar-refractivity contribution < 1.29 is 4.79 Å². The zero-order valence-corrected chi connectivity index (χ0v) is 12.9. The van der Waals surface area contributed by atoms with Gasteiger partial charge in [0.2, 0.25) is 5.91 Å². The molecular weight excluding hydrogens is 264 g/mol. The first kappa shape index (κ1) is 15.3. The van der Waals surface area contributed by atoms with Crippen LogP contribution in [-0.4, -0.2) is 30.0 Å². The van der Waals surface area contributed by atoms with Crippen LogP contribution in [0, 0.1) is 16.7 Å². The van der Waals surface area contributed by atoms with Crippen LogP contribution < -0.4 is 10.2 Å². The Morgan fingerprint density at radius 3 is 2.67 bits per heavy atom. The van der Waals surface area contributed by atoms with E-state index >= 15 is 0 Å². The van der Waals surface area contributed by atoms with E-state index in [2.05, 4.69) is 21.3 Å². The Bertz CT molecular complexity index is 548. The second kappa shape index (κ2) is 6.13. The molecule has 21 heavy (non-hydrogen) atoms. The van der Waals surface area contributed by atoms with E-state index < -0.39 is 0 Å². The van der Waals surface area contributed by atoms with Gasteiger partial charge in [-0.1, -0.05) is 20.8 Å². The number of pyridine rings is 1. The van der Waals surface area contributed by atoms with E-state index in [1.165, 1.54) is 0 Å². The highest BCUT2D eigenvalue weighted by molar-refractivity contribution is 5.81. The molecule has 1 aromatic rings. The molecule has 1 aliphatic heterocycles. The number of nitrogens with one attached hydrogen (secondary N) is 1. The monoisotopic (exact) mass is 286 g/mol. The summed E-state index contributed by atoms with van der Waals surface area (Å²) in [4.78, 5) is 18.2. The van der Waals surface area contributed by atoms with Crippen LogP contribution in [0.25, 0.3) is 0 Å². The van der Waals surface area contributed by atoms with E-state index in [4.69, 9.17) is 5.26 Å². The molecular formula is C16H22N4O. The average Bonchev–Trinajstić information content (AvgIpc) is 2.47. The molecule has 1 saturated heterocycles. The van der Waals surface area contributed by atoms with Crippen LogP contribution in [0.3, 0.4) is 0 Å². The summed E-state index contributed by atoms with van der Waals surface area (Å²) >= 11 is 0. The van der Waals surface area contributed by atoms with Gasteiger partial charge < -0.3 is 10.2 Å². The third-order valence-electron chi connectivity index (χ3n) is 3.73. The van der Waals surface area contributed by atoms with E-state index in [1.807, 2.05) is 32.9 Å². The maximum Gasteiger partial charge on any atom is 0.225 e. The van der Waals surface area contributed by atoms with Crippen molar-refractivity contribution in [3.05, 3.63) is 24.0 Å². The molecule has 1 aliphatic rings. The van der Waals surface area contributed by atoms with Crippen molar-refractivity contribution in [2.45, 2.75) is 39.7 Å². The number of carbonyl (C=O) groups excluding carboxylic acids is 1. The van der Waals surface area contributed by atoms with Crippen molar-refractivity contribution in [2.75, 3.05) is 18.0 Å². The number of aromatic nitrogens is 1. The SMILES string of the molecule is CC(C)(C)C(=O)NC1CCN(c2ccnc(C#N)c2)CC1. The molecule has 0 spiro atoms. The molecule has 0 aromatic carbocycles. The summed E-state index contributed by atoms with van der Waals surface area (Å²) in [7, 11) is 0. The van der Waals surface area contributed by atoms with Crippen LogP contribution in [0.4, 0.5) is 5.69 Å². The smallest absolute Gasteiger partial charge is 0.225 e. The Kier molecular flexibility index (Phi) is 4.46. The number of amides is 1. The molecule has 2 rings (SSSR count). The Hall–Kier alpha value is -2.09. The van der Waals surface area contributed by atoms with E-state index in [1.54, 1.807) is 6.20 Å².